The van der Waals surface area contributed by atoms with Crippen LogP contribution in [0, 0.1) is 28.8 Å². The fraction of sp³-hybridized carbons (Fsp3) is 0.136. The number of nitrogen functional groups attached to an aromatic ring is 2. The first-order valence-electron chi connectivity index (χ1n) is 10.0. The molecule has 0 bridgehead atoms. The van der Waals surface area contributed by atoms with Crippen LogP contribution in [0.5, 0.6) is 0 Å². The van der Waals surface area contributed by atoms with Crippen molar-refractivity contribution >= 4 is 28.5 Å². The number of fused-ring (bicyclic) bond motifs is 1. The zero-order chi connectivity index (χ0) is 24.4. The van der Waals surface area contributed by atoms with Crippen molar-refractivity contribution in [2.75, 3.05) is 23.3 Å². The molecule has 0 saturated carbocycles. The van der Waals surface area contributed by atoms with E-state index in [9.17, 15) is 23.2 Å². The molecule has 172 valence electrons. The van der Waals surface area contributed by atoms with Crippen molar-refractivity contribution in [2.24, 2.45) is 0 Å². The van der Waals surface area contributed by atoms with E-state index in [0.29, 0.717) is 6.42 Å². The Bertz CT molecular complexity index is 1510. The Kier molecular flexibility index (Phi) is 6.01. The van der Waals surface area contributed by atoms with Crippen LogP contribution in [-0.4, -0.2) is 26.1 Å². The molecule has 4 rings (SSSR count). The maximum Gasteiger partial charge on any atom is 0.269 e. The third kappa shape index (κ3) is 4.18. The molecule has 34 heavy (non-hydrogen) atoms. The molecule has 0 fully saturated rings. The van der Waals surface area contributed by atoms with E-state index in [1.54, 1.807) is 0 Å². The first kappa shape index (κ1) is 22.5. The Balaban J connectivity index is 1.70. The number of aromatic nitrogens is 4. The summed E-state index contributed by atoms with van der Waals surface area (Å²) in [5.74, 6) is -2.37. The highest BCUT2D eigenvalue weighted by Gasteiger charge is 2.19. The Morgan fingerprint density at radius 3 is 2.56 bits per heavy atom. The summed E-state index contributed by atoms with van der Waals surface area (Å²) in [7, 11) is 0. The van der Waals surface area contributed by atoms with Crippen molar-refractivity contribution in [3.05, 3.63) is 75.6 Å². The number of anilines is 3. The Morgan fingerprint density at radius 2 is 1.82 bits per heavy atom. The molecule has 4 aromatic rings. The second-order valence-corrected chi connectivity index (χ2v) is 7.23. The van der Waals surface area contributed by atoms with Gasteiger partial charge in [0.15, 0.2) is 5.82 Å². The summed E-state index contributed by atoms with van der Waals surface area (Å²) in [6.07, 6.45) is 0.432. The molecule has 0 spiro atoms. The number of aryl methyl sites for hydroxylation is 1. The van der Waals surface area contributed by atoms with Crippen molar-refractivity contribution in [3.63, 3.8) is 0 Å². The fourth-order valence-corrected chi connectivity index (χ4v) is 3.50. The monoisotopic (exact) mass is 466 g/mol. The van der Waals surface area contributed by atoms with Crippen LogP contribution in [0.2, 0.25) is 0 Å². The molecule has 0 radical (unpaired) electrons. The van der Waals surface area contributed by atoms with Crippen LogP contribution >= 0.6 is 0 Å². The number of nitrogens with one attached hydrogen (secondary N) is 1. The molecule has 12 heteroatoms. The first-order chi connectivity index (χ1) is 16.3. The molecule has 0 aliphatic heterocycles. The summed E-state index contributed by atoms with van der Waals surface area (Å²) in [5, 5.41) is 11.6. The lowest BCUT2D eigenvalue weighted by Gasteiger charge is -2.15. The average molecular weight is 466 g/mol. The zero-order valence-corrected chi connectivity index (χ0v) is 17.5. The molecule has 2 aromatic carbocycles. The summed E-state index contributed by atoms with van der Waals surface area (Å²) in [4.78, 5) is 25.0. The lowest BCUT2D eigenvalue weighted by Crippen LogP contribution is -2.25. The lowest BCUT2D eigenvalue weighted by atomic mass is 10.2. The molecule has 0 saturated heterocycles. The van der Waals surface area contributed by atoms with E-state index in [0.717, 1.165) is 22.8 Å². The van der Waals surface area contributed by atoms with E-state index in [1.807, 2.05) is 6.07 Å². The number of nitriles is 1. The minimum Gasteiger partial charge on any atom is -0.382 e. The quantitative estimate of drug-likeness (QED) is 0.367. The second kappa shape index (κ2) is 9.07. The van der Waals surface area contributed by atoms with Crippen LogP contribution in [0.25, 0.3) is 16.6 Å². The minimum atomic E-state index is -0.935. The van der Waals surface area contributed by atoms with Crippen LogP contribution in [0.3, 0.4) is 0 Å². The number of halogens is 3. The standard InChI is InChI=1S/C22H17F3N8O/c23-11-3-1-4-12(9-11)33-16(30-18-15(25)7-6-14(24)17(18)21(33)34)5-2-8-29-20-13(10-26)19(27)31-22(28)32-20/h1,3-4,6-7,9H,2,5,8H2,(H5,27,28,29,31,32). The molecular formula is C22H17F3N8O. The first-order valence-corrected chi connectivity index (χ1v) is 10.0. The van der Waals surface area contributed by atoms with Crippen molar-refractivity contribution in [1.29, 1.82) is 5.26 Å². The molecule has 9 nitrogen and oxygen atoms in total. The van der Waals surface area contributed by atoms with Crippen LogP contribution < -0.4 is 22.3 Å². The number of benzene rings is 2. The summed E-state index contributed by atoms with van der Waals surface area (Å²) >= 11 is 0. The molecule has 0 atom stereocenters. The van der Waals surface area contributed by atoms with Gasteiger partial charge in [-0.1, -0.05) is 6.07 Å². The molecule has 0 unspecified atom stereocenters. The number of hydrogen-bond donors (Lipinski definition) is 3. The summed E-state index contributed by atoms with van der Waals surface area (Å²) in [6.45, 7) is 0.229. The van der Waals surface area contributed by atoms with Crippen molar-refractivity contribution in [1.82, 2.24) is 19.5 Å². The topological polar surface area (TPSA) is 149 Å². The van der Waals surface area contributed by atoms with Crippen LogP contribution in [0.1, 0.15) is 17.8 Å². The molecule has 5 N–H and O–H groups in total. The predicted molar refractivity (Wildman–Crippen MR) is 120 cm³/mol. The highest BCUT2D eigenvalue weighted by Crippen LogP contribution is 2.21. The van der Waals surface area contributed by atoms with Gasteiger partial charge in [0.1, 0.15) is 51.6 Å². The van der Waals surface area contributed by atoms with Gasteiger partial charge < -0.3 is 16.8 Å². The van der Waals surface area contributed by atoms with Crippen LogP contribution in [0.15, 0.2) is 41.2 Å². The van der Waals surface area contributed by atoms with E-state index in [2.05, 4.69) is 20.3 Å². The summed E-state index contributed by atoms with van der Waals surface area (Å²) < 4.78 is 43.7. The normalized spacial score (nSPS) is 10.9. The van der Waals surface area contributed by atoms with Gasteiger partial charge in [-0.2, -0.15) is 15.2 Å². The molecule has 0 amide bonds. The lowest BCUT2D eigenvalue weighted by molar-refractivity contribution is 0.609. The Hall–Kier alpha value is -4.66. The maximum absolute atomic E-state index is 14.4. The van der Waals surface area contributed by atoms with Crippen molar-refractivity contribution < 1.29 is 13.2 Å². The SMILES string of the molecule is N#Cc1c(N)nc(N)nc1NCCCc1nc2c(F)ccc(F)c2c(=O)n1-c1cccc(F)c1. The zero-order valence-electron chi connectivity index (χ0n) is 17.5. The van der Waals surface area contributed by atoms with Gasteiger partial charge in [-0.15, -0.1) is 0 Å². The van der Waals surface area contributed by atoms with Gasteiger partial charge in [0.05, 0.1) is 5.69 Å². The average Bonchev–Trinajstić information content (AvgIpc) is 2.78. The van der Waals surface area contributed by atoms with Gasteiger partial charge in [0, 0.05) is 13.0 Å². The second-order valence-electron chi connectivity index (χ2n) is 7.23. The maximum atomic E-state index is 14.4. The van der Waals surface area contributed by atoms with Gasteiger partial charge in [-0.25, -0.2) is 18.2 Å². The molecule has 0 aliphatic rings. The fourth-order valence-electron chi connectivity index (χ4n) is 3.50. The summed E-state index contributed by atoms with van der Waals surface area (Å²) in [5.41, 5.74) is 10.1. The number of hydrogen-bond acceptors (Lipinski definition) is 8. The number of nitrogens with two attached hydrogens (primary N) is 2. The van der Waals surface area contributed by atoms with E-state index < -0.39 is 33.9 Å². The highest BCUT2D eigenvalue weighted by atomic mass is 19.1. The number of rotatable bonds is 6. The third-order valence-corrected chi connectivity index (χ3v) is 5.00. The van der Waals surface area contributed by atoms with Gasteiger partial charge >= 0.3 is 0 Å². The predicted octanol–water partition coefficient (Wildman–Crippen LogP) is 2.67. The van der Waals surface area contributed by atoms with Crippen LogP contribution in [-0.2, 0) is 6.42 Å². The summed E-state index contributed by atoms with van der Waals surface area (Å²) in [6, 6.07) is 8.75. The van der Waals surface area contributed by atoms with E-state index >= 15 is 0 Å². The van der Waals surface area contributed by atoms with Gasteiger partial charge in [-0.3, -0.25) is 9.36 Å². The van der Waals surface area contributed by atoms with Gasteiger partial charge in [0.25, 0.3) is 5.56 Å². The largest absolute Gasteiger partial charge is 0.382 e. The number of nitrogens with zero attached hydrogens (tertiary/aromatic N) is 5. The van der Waals surface area contributed by atoms with Crippen molar-refractivity contribution in [2.45, 2.75) is 12.8 Å². The third-order valence-electron chi connectivity index (χ3n) is 5.00. The van der Waals surface area contributed by atoms with Gasteiger partial charge in [-0.05, 0) is 36.8 Å². The molecular weight excluding hydrogens is 449 g/mol. The van der Waals surface area contributed by atoms with E-state index in [1.165, 1.54) is 18.2 Å². The smallest absolute Gasteiger partial charge is 0.269 e. The molecule has 2 aromatic heterocycles. The van der Waals surface area contributed by atoms with Crippen LogP contribution in [0.4, 0.5) is 30.8 Å². The highest BCUT2D eigenvalue weighted by molar-refractivity contribution is 5.79. The van der Waals surface area contributed by atoms with Gasteiger partial charge in [0.2, 0.25) is 5.95 Å². The Morgan fingerprint density at radius 1 is 1.06 bits per heavy atom. The minimum absolute atomic E-state index is 0.0206. The van der Waals surface area contributed by atoms with Crippen molar-refractivity contribution in [3.8, 4) is 11.8 Å². The molecule has 0 aliphatic carbocycles. The Labute approximate surface area is 190 Å². The molecule has 2 heterocycles. The van der Waals surface area contributed by atoms with E-state index in [-0.39, 0.29) is 47.6 Å². The van der Waals surface area contributed by atoms with E-state index in [4.69, 9.17) is 11.5 Å².